The average molecular weight is 357 g/mol. The molecule has 1 aromatic heterocycles. The molecular formula is C17H23N7O2. The Morgan fingerprint density at radius 2 is 2.19 bits per heavy atom. The van der Waals surface area contributed by atoms with Gasteiger partial charge >= 0.3 is 6.03 Å². The molecule has 9 nitrogen and oxygen atoms in total. The van der Waals surface area contributed by atoms with Gasteiger partial charge in [0.15, 0.2) is 5.82 Å². The Bertz CT molecular complexity index is 720. The van der Waals surface area contributed by atoms with Gasteiger partial charge in [-0.2, -0.15) is 5.21 Å². The molecule has 26 heavy (non-hydrogen) atoms. The third kappa shape index (κ3) is 4.56. The van der Waals surface area contributed by atoms with Crippen molar-refractivity contribution in [3.8, 4) is 0 Å². The molecule has 0 saturated carbocycles. The van der Waals surface area contributed by atoms with E-state index in [1.807, 2.05) is 37.3 Å². The van der Waals surface area contributed by atoms with Gasteiger partial charge in [-0.1, -0.05) is 42.5 Å². The van der Waals surface area contributed by atoms with Crippen molar-refractivity contribution in [2.24, 2.45) is 0 Å². The predicted octanol–water partition coefficient (Wildman–Crippen LogP) is 0.794. The van der Waals surface area contributed by atoms with Crippen molar-refractivity contribution in [2.75, 3.05) is 13.1 Å². The van der Waals surface area contributed by atoms with E-state index in [1.165, 1.54) is 4.90 Å². The van der Waals surface area contributed by atoms with E-state index in [0.29, 0.717) is 18.8 Å². The fourth-order valence-electron chi connectivity index (χ4n) is 3.02. The first-order chi connectivity index (χ1) is 12.7. The van der Waals surface area contributed by atoms with Crippen molar-refractivity contribution in [3.05, 3.63) is 41.7 Å². The number of carbonyl (C=O) groups excluding carboxylic acids is 2. The number of aromatic amines is 1. The highest BCUT2D eigenvalue weighted by Gasteiger charge is 2.27. The summed E-state index contributed by atoms with van der Waals surface area (Å²) in [4.78, 5) is 26.2. The van der Waals surface area contributed by atoms with Gasteiger partial charge in [-0.25, -0.2) is 4.79 Å². The summed E-state index contributed by atoms with van der Waals surface area (Å²) in [6.45, 7) is 2.56. The number of nitrogens with one attached hydrogen (secondary N) is 3. The SMILES string of the molecule is CCC(Cc1nn[nH]n1)NC(=O)CN1CCC(c2ccccc2)NC1=O. The van der Waals surface area contributed by atoms with Gasteiger partial charge in [0.1, 0.15) is 6.54 Å². The first kappa shape index (κ1) is 17.8. The van der Waals surface area contributed by atoms with Crippen LogP contribution in [0.15, 0.2) is 30.3 Å². The van der Waals surface area contributed by atoms with E-state index in [1.54, 1.807) is 0 Å². The van der Waals surface area contributed by atoms with E-state index in [9.17, 15) is 9.59 Å². The minimum absolute atomic E-state index is 0.00959. The van der Waals surface area contributed by atoms with Crippen molar-refractivity contribution in [3.63, 3.8) is 0 Å². The van der Waals surface area contributed by atoms with Gasteiger partial charge in [-0.15, -0.1) is 10.2 Å². The Kier molecular flexibility index (Phi) is 5.77. The molecule has 138 valence electrons. The molecule has 0 aliphatic carbocycles. The van der Waals surface area contributed by atoms with E-state index in [4.69, 9.17) is 0 Å². The highest BCUT2D eigenvalue weighted by molar-refractivity contribution is 5.84. The highest BCUT2D eigenvalue weighted by Crippen LogP contribution is 2.20. The molecule has 1 aromatic carbocycles. The second-order valence-corrected chi connectivity index (χ2v) is 6.33. The summed E-state index contributed by atoms with van der Waals surface area (Å²) < 4.78 is 0. The number of hydrogen-bond donors (Lipinski definition) is 3. The van der Waals surface area contributed by atoms with Crippen LogP contribution in [0.25, 0.3) is 0 Å². The van der Waals surface area contributed by atoms with Gasteiger partial charge in [-0.3, -0.25) is 4.79 Å². The Morgan fingerprint density at radius 1 is 1.38 bits per heavy atom. The number of amides is 3. The molecule has 0 spiro atoms. The molecular weight excluding hydrogens is 334 g/mol. The van der Waals surface area contributed by atoms with Crippen LogP contribution in [0.2, 0.25) is 0 Å². The maximum absolute atomic E-state index is 12.3. The van der Waals surface area contributed by atoms with Crippen molar-refractivity contribution < 1.29 is 9.59 Å². The Labute approximate surface area is 151 Å². The Balaban J connectivity index is 1.49. The number of hydrogen-bond acceptors (Lipinski definition) is 5. The van der Waals surface area contributed by atoms with Gasteiger partial charge < -0.3 is 15.5 Å². The molecule has 3 amide bonds. The zero-order valence-electron chi connectivity index (χ0n) is 14.7. The minimum Gasteiger partial charge on any atom is -0.351 e. The molecule has 2 heterocycles. The van der Waals surface area contributed by atoms with E-state index < -0.39 is 0 Å². The largest absolute Gasteiger partial charge is 0.351 e. The van der Waals surface area contributed by atoms with Crippen LogP contribution in [0.3, 0.4) is 0 Å². The summed E-state index contributed by atoms with van der Waals surface area (Å²) >= 11 is 0. The number of aromatic nitrogens is 4. The lowest BCUT2D eigenvalue weighted by Gasteiger charge is -2.33. The first-order valence-electron chi connectivity index (χ1n) is 8.77. The maximum Gasteiger partial charge on any atom is 0.318 e. The molecule has 2 unspecified atom stereocenters. The van der Waals surface area contributed by atoms with E-state index in [2.05, 4.69) is 31.3 Å². The summed E-state index contributed by atoms with van der Waals surface area (Å²) in [5.41, 5.74) is 1.08. The molecule has 2 atom stereocenters. The van der Waals surface area contributed by atoms with Gasteiger partial charge in [0.05, 0.1) is 6.04 Å². The third-order valence-electron chi connectivity index (χ3n) is 4.49. The van der Waals surface area contributed by atoms with Gasteiger partial charge in [-0.05, 0) is 18.4 Å². The van der Waals surface area contributed by atoms with Gasteiger partial charge in [0.2, 0.25) is 5.91 Å². The molecule has 1 aliphatic heterocycles. The van der Waals surface area contributed by atoms with Crippen LogP contribution >= 0.6 is 0 Å². The van der Waals surface area contributed by atoms with Crippen LogP contribution in [0.5, 0.6) is 0 Å². The lowest BCUT2D eigenvalue weighted by atomic mass is 10.0. The standard InChI is InChI=1S/C17H23N7O2/c1-2-13(10-15-20-22-23-21-15)18-16(25)11-24-9-8-14(19-17(24)26)12-6-4-3-5-7-12/h3-7,13-14H,2,8-11H2,1H3,(H,18,25)(H,19,26)(H,20,21,22,23). The number of rotatable bonds is 7. The van der Waals surface area contributed by atoms with Gasteiger partial charge in [0, 0.05) is 19.0 Å². The second-order valence-electron chi connectivity index (χ2n) is 6.33. The first-order valence-corrected chi connectivity index (χ1v) is 8.77. The van der Waals surface area contributed by atoms with E-state index in [0.717, 1.165) is 18.4 Å². The molecule has 1 aliphatic rings. The van der Waals surface area contributed by atoms with E-state index in [-0.39, 0.29) is 30.6 Å². The molecule has 2 aromatic rings. The molecule has 1 fully saturated rings. The van der Waals surface area contributed by atoms with Crippen LogP contribution in [0, 0.1) is 0 Å². The summed E-state index contributed by atoms with van der Waals surface area (Å²) in [6, 6.07) is 9.53. The monoisotopic (exact) mass is 357 g/mol. The molecule has 0 bridgehead atoms. The van der Waals surface area contributed by atoms with Crippen molar-refractivity contribution in [1.29, 1.82) is 0 Å². The maximum atomic E-state index is 12.3. The van der Waals surface area contributed by atoms with Crippen LogP contribution in [0.4, 0.5) is 4.79 Å². The normalized spacial score (nSPS) is 18.3. The number of tetrazole rings is 1. The Hall–Kier alpha value is -2.97. The van der Waals surface area contributed by atoms with Crippen LogP contribution in [-0.4, -0.2) is 56.6 Å². The quantitative estimate of drug-likeness (QED) is 0.678. The zero-order valence-corrected chi connectivity index (χ0v) is 14.7. The fraction of sp³-hybridized carbons (Fsp3) is 0.471. The number of carbonyl (C=O) groups is 2. The smallest absolute Gasteiger partial charge is 0.318 e. The fourth-order valence-corrected chi connectivity index (χ4v) is 3.02. The van der Waals surface area contributed by atoms with Crippen molar-refractivity contribution in [1.82, 2.24) is 36.2 Å². The van der Waals surface area contributed by atoms with Crippen molar-refractivity contribution >= 4 is 11.9 Å². The molecule has 0 radical (unpaired) electrons. The highest BCUT2D eigenvalue weighted by atomic mass is 16.2. The number of benzene rings is 1. The lowest BCUT2D eigenvalue weighted by molar-refractivity contribution is -0.122. The topological polar surface area (TPSA) is 116 Å². The number of nitrogens with zero attached hydrogens (tertiary/aromatic N) is 4. The number of urea groups is 1. The van der Waals surface area contributed by atoms with Crippen LogP contribution in [-0.2, 0) is 11.2 Å². The summed E-state index contributed by atoms with van der Waals surface area (Å²) in [5.74, 6) is 0.368. The lowest BCUT2D eigenvalue weighted by Crippen LogP contribution is -2.52. The minimum atomic E-state index is -0.216. The third-order valence-corrected chi connectivity index (χ3v) is 4.49. The summed E-state index contributed by atoms with van der Waals surface area (Å²) in [5, 5.41) is 19.6. The van der Waals surface area contributed by atoms with Crippen LogP contribution in [0.1, 0.15) is 37.2 Å². The molecule has 3 N–H and O–H groups in total. The second kappa shape index (κ2) is 8.41. The summed E-state index contributed by atoms with van der Waals surface area (Å²) in [6.07, 6.45) is 2.01. The Morgan fingerprint density at radius 3 is 2.85 bits per heavy atom. The summed E-state index contributed by atoms with van der Waals surface area (Å²) in [7, 11) is 0. The molecule has 1 saturated heterocycles. The average Bonchev–Trinajstić information content (AvgIpc) is 3.16. The zero-order chi connectivity index (χ0) is 18.4. The predicted molar refractivity (Wildman–Crippen MR) is 94.0 cm³/mol. The van der Waals surface area contributed by atoms with Gasteiger partial charge in [0.25, 0.3) is 0 Å². The van der Waals surface area contributed by atoms with Crippen molar-refractivity contribution in [2.45, 2.75) is 38.3 Å². The van der Waals surface area contributed by atoms with Crippen LogP contribution < -0.4 is 10.6 Å². The molecule has 3 rings (SSSR count). The number of H-pyrrole nitrogens is 1. The van der Waals surface area contributed by atoms with E-state index >= 15 is 0 Å². The molecule has 9 heteroatoms.